The van der Waals surface area contributed by atoms with Gasteiger partial charge in [0.05, 0.1) is 5.60 Å². The van der Waals surface area contributed by atoms with Crippen molar-refractivity contribution in [2.24, 2.45) is 11.3 Å². The zero-order valence-electron chi connectivity index (χ0n) is 16.6. The van der Waals surface area contributed by atoms with Crippen molar-refractivity contribution in [3.8, 4) is 5.75 Å². The molecule has 4 aliphatic carbocycles. The molecule has 3 N–H and O–H groups in total. The van der Waals surface area contributed by atoms with Gasteiger partial charge in [-0.05, 0) is 74.1 Å². The minimum absolute atomic E-state index is 0.0123. The maximum absolute atomic E-state index is 12.4. The largest absolute Gasteiger partial charge is 0.508 e. The third kappa shape index (κ3) is 2.07. The average molecular weight is 383 g/mol. The highest BCUT2D eigenvalue weighted by Crippen LogP contribution is 2.71. The topological polar surface area (TPSA) is 72.8 Å². The van der Waals surface area contributed by atoms with Gasteiger partial charge < -0.3 is 15.5 Å². The van der Waals surface area contributed by atoms with E-state index >= 15 is 0 Å². The number of nitrogens with one attached hydrogen (secondary N) is 1. The van der Waals surface area contributed by atoms with Crippen LogP contribution in [-0.4, -0.2) is 51.8 Å². The minimum atomic E-state index is -0.843. The molecular weight excluding hydrogens is 352 g/mol. The van der Waals surface area contributed by atoms with Crippen molar-refractivity contribution < 1.29 is 15.0 Å². The Morgan fingerprint density at radius 1 is 1.32 bits per heavy atom. The number of phenols is 1. The molecule has 5 atom stereocenters. The maximum atomic E-state index is 12.4. The highest BCUT2D eigenvalue weighted by Gasteiger charge is 2.78. The number of hydrogen-bond acceptors (Lipinski definition) is 4. The number of carbonyl (C=O) groups excluding carboxylic acids is 1. The van der Waals surface area contributed by atoms with Crippen molar-refractivity contribution >= 4 is 5.91 Å². The number of likely N-dealkylation sites (tertiary alicyclic amines) is 1. The van der Waals surface area contributed by atoms with E-state index in [0.29, 0.717) is 12.2 Å². The fourth-order valence-electron chi connectivity index (χ4n) is 7.78. The standard InChI is InChI=1S/C23H30N2O3/c1-14(26)24-17-6-7-22-12-21(9-16-4-5-18(27)8-19(16)22)13-25(11-15-2-3-15)20(21)23(22,28)10-17/h4-5,8,15,17,20,27-28H,2-3,6-7,9-13H2,1H3,(H,24,26)/t17-,20+,21?,22-,23+/m0/s1. The Kier molecular flexibility index (Phi) is 3.28. The number of aliphatic hydroxyl groups is 1. The second kappa shape index (κ2) is 5.31. The van der Waals surface area contributed by atoms with Crippen LogP contribution in [0.2, 0.25) is 0 Å². The first-order chi connectivity index (χ1) is 13.4. The van der Waals surface area contributed by atoms with Crippen molar-refractivity contribution in [1.29, 1.82) is 0 Å². The van der Waals surface area contributed by atoms with Gasteiger partial charge in [-0.1, -0.05) is 6.07 Å². The molecule has 2 bridgehead atoms. The van der Waals surface area contributed by atoms with E-state index in [1.807, 2.05) is 6.07 Å². The molecule has 4 fully saturated rings. The van der Waals surface area contributed by atoms with E-state index in [4.69, 9.17) is 0 Å². The van der Waals surface area contributed by atoms with Crippen molar-refractivity contribution in [2.75, 3.05) is 13.1 Å². The van der Waals surface area contributed by atoms with Gasteiger partial charge in [0.25, 0.3) is 0 Å². The lowest BCUT2D eigenvalue weighted by molar-refractivity contribution is -0.160. The second-order valence-electron chi connectivity index (χ2n) is 10.5. The number of benzene rings is 1. The number of phenolic OH excluding ortho intramolecular Hbond substituents is 1. The number of rotatable bonds is 3. The Morgan fingerprint density at radius 2 is 2.14 bits per heavy atom. The first-order valence-electron chi connectivity index (χ1n) is 10.9. The SMILES string of the molecule is CC(=O)N[C@H]1CC[C@]23CC4(Cc5ccc(O)cc52)CN(CC2CC2)[C@H]4[C@]3(O)C1. The van der Waals surface area contributed by atoms with Gasteiger partial charge >= 0.3 is 0 Å². The summed E-state index contributed by atoms with van der Waals surface area (Å²) in [7, 11) is 0. The molecular formula is C23H30N2O3. The average Bonchev–Trinajstić information content (AvgIpc) is 3.39. The molecule has 1 aliphatic heterocycles. The smallest absolute Gasteiger partial charge is 0.217 e. The van der Waals surface area contributed by atoms with Gasteiger partial charge in [0.15, 0.2) is 0 Å². The summed E-state index contributed by atoms with van der Waals surface area (Å²) in [5.74, 6) is 1.09. The van der Waals surface area contributed by atoms with Crippen LogP contribution in [0.15, 0.2) is 18.2 Å². The molecule has 1 saturated heterocycles. The molecule has 1 aromatic rings. The number of hydrogen-bond donors (Lipinski definition) is 3. The van der Waals surface area contributed by atoms with E-state index in [0.717, 1.165) is 44.7 Å². The summed E-state index contributed by atoms with van der Waals surface area (Å²) in [6, 6.07) is 6.01. The summed E-state index contributed by atoms with van der Waals surface area (Å²) in [5, 5.41) is 25.7. The predicted octanol–water partition coefficient (Wildman–Crippen LogP) is 2.09. The molecule has 150 valence electrons. The van der Waals surface area contributed by atoms with Crippen LogP contribution in [0.3, 0.4) is 0 Å². The summed E-state index contributed by atoms with van der Waals surface area (Å²) in [6.07, 6.45) is 7.05. The van der Waals surface area contributed by atoms with Gasteiger partial charge in [-0.3, -0.25) is 9.69 Å². The third-order valence-electron chi connectivity index (χ3n) is 8.62. The predicted molar refractivity (Wildman–Crippen MR) is 105 cm³/mol. The number of carbonyl (C=O) groups is 1. The first-order valence-corrected chi connectivity index (χ1v) is 10.9. The van der Waals surface area contributed by atoms with E-state index in [2.05, 4.69) is 16.3 Å². The van der Waals surface area contributed by atoms with Crippen LogP contribution in [0, 0.1) is 11.3 Å². The molecule has 6 rings (SSSR count). The van der Waals surface area contributed by atoms with E-state index in [1.165, 1.54) is 24.0 Å². The van der Waals surface area contributed by atoms with Gasteiger partial charge in [0.2, 0.25) is 5.91 Å². The van der Waals surface area contributed by atoms with Gasteiger partial charge in [-0.2, -0.15) is 0 Å². The summed E-state index contributed by atoms with van der Waals surface area (Å²) in [6.45, 7) is 3.76. The fourth-order valence-corrected chi connectivity index (χ4v) is 7.78. The molecule has 1 amide bonds. The highest BCUT2D eigenvalue weighted by atomic mass is 16.3. The number of aromatic hydroxyl groups is 1. The summed E-state index contributed by atoms with van der Waals surface area (Å²) >= 11 is 0. The Labute approximate surface area is 166 Å². The summed E-state index contributed by atoms with van der Waals surface area (Å²) in [5.41, 5.74) is 1.50. The van der Waals surface area contributed by atoms with Crippen molar-refractivity contribution in [3.63, 3.8) is 0 Å². The number of fused-ring (bicyclic) bond motifs is 2. The van der Waals surface area contributed by atoms with E-state index in [9.17, 15) is 15.0 Å². The lowest BCUT2D eigenvalue weighted by Gasteiger charge is -2.59. The first kappa shape index (κ1) is 17.3. The molecule has 1 unspecified atom stereocenters. The van der Waals surface area contributed by atoms with Crippen LogP contribution in [0.4, 0.5) is 0 Å². The molecule has 0 radical (unpaired) electrons. The maximum Gasteiger partial charge on any atom is 0.217 e. The normalized spacial score (nSPS) is 43.5. The zero-order valence-corrected chi connectivity index (χ0v) is 16.6. The van der Waals surface area contributed by atoms with Gasteiger partial charge in [-0.15, -0.1) is 0 Å². The van der Waals surface area contributed by atoms with Crippen molar-refractivity contribution in [3.05, 3.63) is 29.3 Å². The zero-order chi connectivity index (χ0) is 19.3. The molecule has 28 heavy (non-hydrogen) atoms. The van der Waals surface area contributed by atoms with E-state index < -0.39 is 5.60 Å². The van der Waals surface area contributed by atoms with Gasteiger partial charge in [0, 0.05) is 42.9 Å². The van der Waals surface area contributed by atoms with Crippen LogP contribution >= 0.6 is 0 Å². The molecule has 5 heteroatoms. The number of amides is 1. The Balaban J connectivity index is 1.46. The van der Waals surface area contributed by atoms with Crippen molar-refractivity contribution in [2.45, 2.75) is 75.0 Å². The van der Waals surface area contributed by atoms with Gasteiger partial charge in [0.1, 0.15) is 5.75 Å². The Bertz CT molecular complexity index is 867. The van der Waals surface area contributed by atoms with Crippen LogP contribution < -0.4 is 5.32 Å². The Hall–Kier alpha value is -1.59. The van der Waals surface area contributed by atoms with Crippen LogP contribution in [0.1, 0.15) is 56.6 Å². The quantitative estimate of drug-likeness (QED) is 0.749. The van der Waals surface area contributed by atoms with Crippen LogP contribution in [0.5, 0.6) is 5.75 Å². The summed E-state index contributed by atoms with van der Waals surface area (Å²) in [4.78, 5) is 14.3. The highest BCUT2D eigenvalue weighted by molar-refractivity contribution is 5.73. The Morgan fingerprint density at radius 3 is 2.89 bits per heavy atom. The molecule has 2 spiro atoms. The molecule has 1 aromatic carbocycles. The second-order valence-corrected chi connectivity index (χ2v) is 10.5. The number of nitrogens with zero attached hydrogens (tertiary/aromatic N) is 1. The fraction of sp³-hybridized carbons (Fsp3) is 0.696. The lowest BCUT2D eigenvalue weighted by atomic mass is 9.57. The molecule has 3 saturated carbocycles. The third-order valence-corrected chi connectivity index (χ3v) is 8.62. The minimum Gasteiger partial charge on any atom is -0.508 e. The van der Waals surface area contributed by atoms with E-state index in [1.54, 1.807) is 13.0 Å². The van der Waals surface area contributed by atoms with Crippen LogP contribution in [-0.2, 0) is 16.6 Å². The molecule has 0 aromatic heterocycles. The lowest BCUT2D eigenvalue weighted by Crippen LogP contribution is -2.72. The molecule has 5 aliphatic rings. The van der Waals surface area contributed by atoms with Crippen LogP contribution in [0.25, 0.3) is 0 Å². The molecule has 1 heterocycles. The summed E-state index contributed by atoms with van der Waals surface area (Å²) < 4.78 is 0. The van der Waals surface area contributed by atoms with Crippen molar-refractivity contribution in [1.82, 2.24) is 10.2 Å². The van der Waals surface area contributed by atoms with Gasteiger partial charge in [-0.25, -0.2) is 0 Å². The van der Waals surface area contributed by atoms with E-state index in [-0.39, 0.29) is 28.8 Å². The molecule has 5 nitrogen and oxygen atoms in total. The monoisotopic (exact) mass is 382 g/mol.